The van der Waals surface area contributed by atoms with Crippen molar-refractivity contribution in [3.05, 3.63) is 77.0 Å². The van der Waals surface area contributed by atoms with Gasteiger partial charge in [0, 0.05) is 10.6 Å². The zero-order valence-electron chi connectivity index (χ0n) is 14.4. The van der Waals surface area contributed by atoms with Gasteiger partial charge in [0.15, 0.2) is 0 Å². The molecule has 0 amide bonds. The number of furan rings is 1. The van der Waals surface area contributed by atoms with Crippen LogP contribution in [0.5, 0.6) is 0 Å². The van der Waals surface area contributed by atoms with E-state index in [1.165, 1.54) is 12.1 Å². The molecule has 5 nitrogen and oxygen atoms in total. The molecule has 0 aliphatic carbocycles. The van der Waals surface area contributed by atoms with Gasteiger partial charge >= 0.3 is 0 Å². The SMILES string of the molecule is NS(=O)(=O)c1ccc(CCNCc2ccc(-c3ccc(Cl)cc3)o2)cc1.[Cl-]. The highest BCUT2D eigenvalue weighted by atomic mass is 35.5. The lowest BCUT2D eigenvalue weighted by atomic mass is 10.1. The average Bonchev–Trinajstić information content (AvgIpc) is 3.08. The molecule has 144 valence electrons. The van der Waals surface area contributed by atoms with Crippen molar-refractivity contribution in [2.75, 3.05) is 6.54 Å². The van der Waals surface area contributed by atoms with Gasteiger partial charge in [-0.3, -0.25) is 0 Å². The molecule has 2 aromatic carbocycles. The fourth-order valence-electron chi connectivity index (χ4n) is 2.53. The van der Waals surface area contributed by atoms with Crippen LogP contribution < -0.4 is 22.9 Å². The second kappa shape index (κ2) is 9.39. The third kappa shape index (κ3) is 6.09. The standard InChI is InChI=1S/C19H19ClN2O3S.ClH/c20-16-5-3-15(4-6-16)19-10-7-17(25-19)13-22-12-11-14-1-8-18(9-2-14)26(21,23)24;/h1-10,22H,11-13H2,(H2,21,23,24);1H/p-1. The molecule has 0 saturated heterocycles. The Labute approximate surface area is 170 Å². The summed E-state index contributed by atoms with van der Waals surface area (Å²) in [5, 5.41) is 9.09. The number of rotatable bonds is 7. The Morgan fingerprint density at radius 3 is 2.26 bits per heavy atom. The molecule has 3 rings (SSSR count). The molecule has 0 radical (unpaired) electrons. The van der Waals surface area contributed by atoms with Gasteiger partial charge in [0.2, 0.25) is 10.0 Å². The van der Waals surface area contributed by atoms with E-state index in [0.717, 1.165) is 35.6 Å². The summed E-state index contributed by atoms with van der Waals surface area (Å²) in [7, 11) is -3.64. The summed E-state index contributed by atoms with van der Waals surface area (Å²) in [5.74, 6) is 1.65. The highest BCUT2D eigenvalue weighted by molar-refractivity contribution is 7.89. The smallest absolute Gasteiger partial charge is 0.238 e. The molecule has 3 aromatic rings. The van der Waals surface area contributed by atoms with Gasteiger partial charge < -0.3 is 22.1 Å². The van der Waals surface area contributed by atoms with Crippen molar-refractivity contribution in [2.45, 2.75) is 17.9 Å². The molecule has 1 aromatic heterocycles. The first-order chi connectivity index (χ1) is 12.4. The summed E-state index contributed by atoms with van der Waals surface area (Å²) >= 11 is 5.89. The van der Waals surface area contributed by atoms with Crippen LogP contribution in [-0.2, 0) is 23.0 Å². The summed E-state index contributed by atoms with van der Waals surface area (Å²) in [4.78, 5) is 0.125. The van der Waals surface area contributed by atoms with Gasteiger partial charge in [-0.15, -0.1) is 0 Å². The first-order valence-corrected chi connectivity index (χ1v) is 10.0. The van der Waals surface area contributed by atoms with E-state index in [-0.39, 0.29) is 17.3 Å². The number of nitrogens with one attached hydrogen (secondary N) is 1. The van der Waals surface area contributed by atoms with Crippen LogP contribution in [0.25, 0.3) is 11.3 Å². The maximum Gasteiger partial charge on any atom is 0.238 e. The van der Waals surface area contributed by atoms with Crippen LogP contribution in [0.3, 0.4) is 0 Å². The quantitative estimate of drug-likeness (QED) is 0.542. The molecule has 0 aliphatic rings. The van der Waals surface area contributed by atoms with Gasteiger partial charge in [0.25, 0.3) is 0 Å². The van der Waals surface area contributed by atoms with Gasteiger partial charge in [-0.05, 0) is 67.1 Å². The van der Waals surface area contributed by atoms with Crippen molar-refractivity contribution >= 4 is 21.6 Å². The third-order valence-corrected chi connectivity index (χ3v) is 5.11. The molecule has 0 spiro atoms. The van der Waals surface area contributed by atoms with E-state index in [2.05, 4.69) is 5.32 Å². The minimum absolute atomic E-state index is 0. The first-order valence-electron chi connectivity index (χ1n) is 8.09. The van der Waals surface area contributed by atoms with Gasteiger partial charge in [0.05, 0.1) is 11.4 Å². The molecule has 0 unspecified atom stereocenters. The van der Waals surface area contributed by atoms with E-state index >= 15 is 0 Å². The predicted octanol–water partition coefficient (Wildman–Crippen LogP) is 0.584. The van der Waals surface area contributed by atoms with Crippen LogP contribution in [0.15, 0.2) is 70.0 Å². The van der Waals surface area contributed by atoms with Crippen molar-refractivity contribution in [3.63, 3.8) is 0 Å². The van der Waals surface area contributed by atoms with Gasteiger partial charge in [-0.1, -0.05) is 23.7 Å². The van der Waals surface area contributed by atoms with Gasteiger partial charge in [-0.2, -0.15) is 0 Å². The summed E-state index contributed by atoms with van der Waals surface area (Å²) in [5.41, 5.74) is 2.02. The number of hydrogen-bond acceptors (Lipinski definition) is 4. The number of benzene rings is 2. The molecule has 3 N–H and O–H groups in total. The van der Waals surface area contributed by atoms with E-state index in [9.17, 15) is 8.42 Å². The highest BCUT2D eigenvalue weighted by Gasteiger charge is 2.07. The van der Waals surface area contributed by atoms with Crippen molar-refractivity contribution < 1.29 is 25.2 Å². The molecule has 0 aliphatic heterocycles. The van der Waals surface area contributed by atoms with E-state index in [4.69, 9.17) is 21.2 Å². The summed E-state index contributed by atoms with van der Waals surface area (Å²) in [6.07, 6.45) is 0.773. The second-order valence-corrected chi connectivity index (χ2v) is 7.89. The molecule has 8 heteroatoms. The summed E-state index contributed by atoms with van der Waals surface area (Å²) < 4.78 is 28.3. The molecule has 27 heavy (non-hydrogen) atoms. The van der Waals surface area contributed by atoms with Crippen LogP contribution in [0.4, 0.5) is 0 Å². The van der Waals surface area contributed by atoms with Crippen LogP contribution in [-0.4, -0.2) is 15.0 Å². The molecular formula is C19H19Cl2N2O3S-. The van der Waals surface area contributed by atoms with Crippen molar-refractivity contribution in [3.8, 4) is 11.3 Å². The van der Waals surface area contributed by atoms with Crippen LogP contribution in [0.2, 0.25) is 5.02 Å². The Morgan fingerprint density at radius 2 is 1.63 bits per heavy atom. The van der Waals surface area contributed by atoms with Crippen molar-refractivity contribution in [1.29, 1.82) is 0 Å². The van der Waals surface area contributed by atoms with Crippen molar-refractivity contribution in [2.24, 2.45) is 5.14 Å². The number of halogens is 2. The molecule has 0 bridgehead atoms. The van der Waals surface area contributed by atoms with Crippen LogP contribution in [0.1, 0.15) is 11.3 Å². The van der Waals surface area contributed by atoms with E-state index < -0.39 is 10.0 Å². The molecule has 1 heterocycles. The summed E-state index contributed by atoms with van der Waals surface area (Å²) in [6.45, 7) is 1.36. The first kappa shape index (κ1) is 21.5. The Balaban J connectivity index is 0.00000261. The maximum atomic E-state index is 11.2. The largest absolute Gasteiger partial charge is 1.00 e. The van der Waals surface area contributed by atoms with E-state index in [1.54, 1.807) is 12.1 Å². The van der Waals surface area contributed by atoms with E-state index in [1.807, 2.05) is 36.4 Å². The lowest BCUT2D eigenvalue weighted by Gasteiger charge is -2.05. The predicted molar refractivity (Wildman–Crippen MR) is 102 cm³/mol. The second-order valence-electron chi connectivity index (χ2n) is 5.89. The molecular weight excluding hydrogens is 407 g/mol. The Bertz CT molecular complexity index is 969. The number of hydrogen-bond donors (Lipinski definition) is 2. The van der Waals surface area contributed by atoms with Crippen LogP contribution in [0, 0.1) is 0 Å². The third-order valence-electron chi connectivity index (χ3n) is 3.93. The Kier molecular flexibility index (Phi) is 7.47. The molecule has 0 fully saturated rings. The zero-order valence-corrected chi connectivity index (χ0v) is 16.7. The summed E-state index contributed by atoms with van der Waals surface area (Å²) in [6, 6.07) is 18.0. The maximum absolute atomic E-state index is 11.2. The zero-order chi connectivity index (χ0) is 18.6. The van der Waals surface area contributed by atoms with E-state index in [0.29, 0.717) is 11.6 Å². The van der Waals surface area contributed by atoms with Gasteiger partial charge in [-0.25, -0.2) is 13.6 Å². The normalized spacial score (nSPS) is 11.2. The molecule has 0 saturated carbocycles. The fourth-order valence-corrected chi connectivity index (χ4v) is 3.17. The highest BCUT2D eigenvalue weighted by Crippen LogP contribution is 2.23. The fraction of sp³-hybridized carbons (Fsp3) is 0.158. The lowest BCUT2D eigenvalue weighted by molar-refractivity contribution is -0.00000834. The average molecular weight is 426 g/mol. The molecule has 0 atom stereocenters. The minimum Gasteiger partial charge on any atom is -1.00 e. The number of sulfonamides is 1. The topological polar surface area (TPSA) is 85.3 Å². The monoisotopic (exact) mass is 425 g/mol. The Hall–Kier alpha value is -1.83. The lowest BCUT2D eigenvalue weighted by Crippen LogP contribution is -3.00. The van der Waals surface area contributed by atoms with Crippen LogP contribution >= 0.6 is 11.6 Å². The number of nitrogens with two attached hydrogens (primary N) is 1. The minimum atomic E-state index is -3.64. The van der Waals surface area contributed by atoms with Crippen molar-refractivity contribution in [1.82, 2.24) is 5.32 Å². The number of primary sulfonamides is 1. The Morgan fingerprint density at radius 1 is 0.963 bits per heavy atom. The van der Waals surface area contributed by atoms with Gasteiger partial charge in [0.1, 0.15) is 11.5 Å².